The van der Waals surface area contributed by atoms with Crippen LogP contribution in [-0.4, -0.2) is 4.43 Å². The van der Waals surface area contributed by atoms with Gasteiger partial charge in [0.2, 0.25) is 0 Å². The normalized spacial score (nSPS) is 11.4. The maximum Gasteiger partial charge on any atom is 0.417 e. The van der Waals surface area contributed by atoms with Gasteiger partial charge < -0.3 is 4.74 Å². The highest BCUT2D eigenvalue weighted by Gasteiger charge is 2.33. The summed E-state index contributed by atoms with van der Waals surface area (Å²) in [5.74, 6) is 1.13. The van der Waals surface area contributed by atoms with Crippen LogP contribution in [0.25, 0.3) is 11.1 Å². The zero-order valence-electron chi connectivity index (χ0n) is 14.1. The first-order valence-corrected chi connectivity index (χ1v) is 10.1. The molecule has 0 saturated heterocycles. The molecule has 0 aromatic heterocycles. The second-order valence-electron chi connectivity index (χ2n) is 5.84. The smallest absolute Gasteiger partial charge is 0.417 e. The lowest BCUT2D eigenvalue weighted by Crippen LogP contribution is -2.06. The molecule has 0 saturated carbocycles. The average Bonchev–Trinajstić information content (AvgIpc) is 2.63. The second-order valence-corrected chi connectivity index (χ2v) is 7.32. The first-order valence-electron chi connectivity index (χ1n) is 8.18. The minimum atomic E-state index is -4.52. The van der Waals surface area contributed by atoms with Crippen molar-refractivity contribution < 1.29 is 17.9 Å². The van der Waals surface area contributed by atoms with Gasteiger partial charge in [-0.05, 0) is 47.9 Å². The molecule has 0 radical (unpaired) electrons. The molecule has 0 aliphatic carbocycles. The largest absolute Gasteiger partial charge is 0.457 e. The van der Waals surface area contributed by atoms with Gasteiger partial charge in [0.25, 0.3) is 0 Å². The van der Waals surface area contributed by atoms with E-state index in [9.17, 15) is 13.2 Å². The number of alkyl halides is 4. The Kier molecular flexibility index (Phi) is 6.32. The van der Waals surface area contributed by atoms with Crippen molar-refractivity contribution in [3.63, 3.8) is 0 Å². The molecule has 140 valence electrons. The molecule has 0 N–H and O–H groups in total. The van der Waals surface area contributed by atoms with Crippen LogP contribution in [0.15, 0.2) is 66.7 Å². The summed E-state index contributed by atoms with van der Waals surface area (Å²) >= 11 is 8.03. The maximum atomic E-state index is 13.3. The van der Waals surface area contributed by atoms with Crippen molar-refractivity contribution in [3.8, 4) is 22.6 Å². The molecule has 0 bridgehead atoms. The zero-order chi connectivity index (χ0) is 19.4. The molecular weight excluding hydrogens is 488 g/mol. The van der Waals surface area contributed by atoms with Gasteiger partial charge in [-0.15, -0.1) is 0 Å². The monoisotopic (exact) mass is 502 g/mol. The van der Waals surface area contributed by atoms with Gasteiger partial charge in [-0.2, -0.15) is 13.2 Å². The van der Waals surface area contributed by atoms with Gasteiger partial charge in [-0.1, -0.05) is 70.6 Å². The van der Waals surface area contributed by atoms with Crippen molar-refractivity contribution in [1.29, 1.82) is 0 Å². The Balaban J connectivity index is 2.16. The lowest BCUT2D eigenvalue weighted by atomic mass is 9.95. The molecule has 27 heavy (non-hydrogen) atoms. The van der Waals surface area contributed by atoms with E-state index in [1.54, 1.807) is 24.3 Å². The number of aryl methyl sites for hydroxylation is 1. The van der Waals surface area contributed by atoms with Crippen LogP contribution in [0.1, 0.15) is 11.1 Å². The number of para-hydroxylation sites is 1. The topological polar surface area (TPSA) is 9.23 Å². The van der Waals surface area contributed by atoms with E-state index >= 15 is 0 Å². The SMILES string of the molecule is FC(F)(F)c1cc(-c2c(CCI)cccc2Oc2ccccc2)ccc1Cl. The van der Waals surface area contributed by atoms with E-state index < -0.39 is 11.7 Å². The van der Waals surface area contributed by atoms with E-state index in [1.165, 1.54) is 6.07 Å². The highest BCUT2D eigenvalue weighted by atomic mass is 127. The van der Waals surface area contributed by atoms with Gasteiger partial charge in [-0.3, -0.25) is 0 Å². The quantitative estimate of drug-likeness (QED) is 0.255. The highest BCUT2D eigenvalue weighted by Crippen LogP contribution is 2.41. The summed E-state index contributed by atoms with van der Waals surface area (Å²) in [6.45, 7) is 0. The van der Waals surface area contributed by atoms with Crippen molar-refractivity contribution in [1.82, 2.24) is 0 Å². The van der Waals surface area contributed by atoms with E-state index in [4.69, 9.17) is 16.3 Å². The maximum absolute atomic E-state index is 13.3. The first-order chi connectivity index (χ1) is 12.9. The number of rotatable bonds is 5. The van der Waals surface area contributed by atoms with Crippen molar-refractivity contribution in [2.24, 2.45) is 0 Å². The molecule has 3 rings (SSSR count). The van der Waals surface area contributed by atoms with Crippen LogP contribution in [0.3, 0.4) is 0 Å². The molecule has 0 atom stereocenters. The van der Waals surface area contributed by atoms with Crippen LogP contribution in [0.5, 0.6) is 11.5 Å². The molecule has 0 spiro atoms. The minimum absolute atomic E-state index is 0.317. The molecule has 6 heteroatoms. The van der Waals surface area contributed by atoms with Crippen LogP contribution in [0.2, 0.25) is 5.02 Å². The molecular formula is C21H15ClF3IO. The lowest BCUT2D eigenvalue weighted by Gasteiger charge is -2.17. The Morgan fingerprint density at radius 2 is 1.67 bits per heavy atom. The Morgan fingerprint density at radius 3 is 2.33 bits per heavy atom. The highest BCUT2D eigenvalue weighted by molar-refractivity contribution is 14.1. The van der Waals surface area contributed by atoms with Gasteiger partial charge in [-0.25, -0.2) is 0 Å². The van der Waals surface area contributed by atoms with Crippen molar-refractivity contribution in [2.45, 2.75) is 12.6 Å². The van der Waals surface area contributed by atoms with Crippen LogP contribution >= 0.6 is 34.2 Å². The van der Waals surface area contributed by atoms with Crippen molar-refractivity contribution >= 4 is 34.2 Å². The van der Waals surface area contributed by atoms with E-state index in [0.717, 1.165) is 16.1 Å². The fourth-order valence-electron chi connectivity index (χ4n) is 2.81. The Bertz CT molecular complexity index is 926. The van der Waals surface area contributed by atoms with E-state index in [0.29, 0.717) is 29.0 Å². The van der Waals surface area contributed by atoms with Gasteiger partial charge >= 0.3 is 6.18 Å². The number of ether oxygens (including phenoxy) is 1. The summed E-state index contributed by atoms with van der Waals surface area (Å²) in [5.41, 5.74) is 1.16. The lowest BCUT2D eigenvalue weighted by molar-refractivity contribution is -0.137. The minimum Gasteiger partial charge on any atom is -0.457 e. The number of benzene rings is 3. The van der Waals surface area contributed by atoms with Crippen molar-refractivity contribution in [2.75, 3.05) is 4.43 Å². The Morgan fingerprint density at radius 1 is 0.926 bits per heavy atom. The molecule has 0 heterocycles. The number of hydrogen-bond donors (Lipinski definition) is 0. The van der Waals surface area contributed by atoms with Crippen LogP contribution in [0, 0.1) is 0 Å². The summed E-state index contributed by atoms with van der Waals surface area (Å²) in [6.07, 6.45) is -3.81. The summed E-state index contributed by atoms with van der Waals surface area (Å²) in [6, 6.07) is 18.7. The molecule has 3 aromatic rings. The average molecular weight is 503 g/mol. The van der Waals surface area contributed by atoms with Crippen LogP contribution in [-0.2, 0) is 12.6 Å². The van der Waals surface area contributed by atoms with Crippen molar-refractivity contribution in [3.05, 3.63) is 82.9 Å². The third-order valence-electron chi connectivity index (χ3n) is 4.01. The fourth-order valence-corrected chi connectivity index (χ4v) is 3.62. The third kappa shape index (κ3) is 4.76. The molecule has 3 aromatic carbocycles. The second kappa shape index (κ2) is 8.52. The molecule has 0 aliphatic heterocycles. The van der Waals surface area contributed by atoms with E-state index in [1.807, 2.05) is 30.3 Å². The van der Waals surface area contributed by atoms with Gasteiger partial charge in [0.15, 0.2) is 0 Å². The summed E-state index contributed by atoms with van der Waals surface area (Å²) in [4.78, 5) is 0. The zero-order valence-corrected chi connectivity index (χ0v) is 17.0. The summed E-state index contributed by atoms with van der Waals surface area (Å²) in [5, 5.41) is -0.317. The number of halogens is 5. The third-order valence-corrected chi connectivity index (χ3v) is 4.88. The molecule has 0 fully saturated rings. The van der Waals surface area contributed by atoms with Gasteiger partial charge in [0, 0.05) is 9.99 Å². The van der Waals surface area contributed by atoms with E-state index in [2.05, 4.69) is 22.6 Å². The first kappa shape index (κ1) is 20.0. The summed E-state index contributed by atoms with van der Waals surface area (Å²) < 4.78 is 46.8. The fraction of sp³-hybridized carbons (Fsp3) is 0.143. The molecule has 0 aliphatic rings. The standard InChI is InChI=1S/C21H15ClF3IO/c22-18-10-9-15(13-17(18)21(23,24)25)20-14(11-12-26)5-4-8-19(20)27-16-6-2-1-3-7-16/h1-10,13H,11-12H2. The summed E-state index contributed by atoms with van der Waals surface area (Å²) in [7, 11) is 0. The van der Waals surface area contributed by atoms with Crippen LogP contribution in [0.4, 0.5) is 13.2 Å². The Labute approximate surface area is 174 Å². The molecule has 0 unspecified atom stereocenters. The van der Waals surface area contributed by atoms with Gasteiger partial charge in [0.1, 0.15) is 11.5 Å². The predicted molar refractivity (Wildman–Crippen MR) is 111 cm³/mol. The molecule has 1 nitrogen and oxygen atoms in total. The van der Waals surface area contributed by atoms with E-state index in [-0.39, 0.29) is 5.02 Å². The van der Waals surface area contributed by atoms with Crippen LogP contribution < -0.4 is 4.74 Å². The molecule has 0 amide bonds. The van der Waals surface area contributed by atoms with Gasteiger partial charge in [0.05, 0.1) is 10.6 Å². The Hall–Kier alpha value is -1.73. The number of hydrogen-bond acceptors (Lipinski definition) is 1. The predicted octanol–water partition coefficient (Wildman–Crippen LogP) is 7.80.